The Morgan fingerprint density at radius 3 is 2.60 bits per heavy atom. The van der Waals surface area contributed by atoms with Crippen LogP contribution in [0.1, 0.15) is 15.9 Å². The van der Waals surface area contributed by atoms with Gasteiger partial charge >= 0.3 is 0 Å². The number of H-pyrrole nitrogens is 1. The molecule has 0 unspecified atom stereocenters. The van der Waals surface area contributed by atoms with Crippen LogP contribution in [-0.2, 0) is 17.1 Å². The van der Waals surface area contributed by atoms with Crippen molar-refractivity contribution in [2.24, 2.45) is 7.05 Å². The average Bonchev–Trinajstić information content (AvgIpc) is 3.53. The van der Waals surface area contributed by atoms with Crippen molar-refractivity contribution in [2.45, 2.75) is 4.90 Å². The van der Waals surface area contributed by atoms with Gasteiger partial charge in [-0.3, -0.25) is 14.2 Å². The summed E-state index contributed by atoms with van der Waals surface area (Å²) in [5.41, 5.74) is 0.952. The Bertz CT molecular complexity index is 2090. The van der Waals surface area contributed by atoms with Gasteiger partial charge in [0, 0.05) is 41.3 Å². The summed E-state index contributed by atoms with van der Waals surface area (Å²) < 4.78 is 73.0. The summed E-state index contributed by atoms with van der Waals surface area (Å²) in [7, 11) is -2.63. The van der Waals surface area contributed by atoms with Crippen molar-refractivity contribution in [3.8, 4) is 11.1 Å². The van der Waals surface area contributed by atoms with Crippen molar-refractivity contribution in [3.05, 3.63) is 108 Å². The number of hydrogen-bond acceptors (Lipinski definition) is 5. The minimum absolute atomic E-state index is 0.0612. The number of halogens is 3. The number of anilines is 1. The van der Waals surface area contributed by atoms with Gasteiger partial charge in [-0.2, -0.15) is 5.10 Å². The molecule has 0 radical (unpaired) electrons. The summed E-state index contributed by atoms with van der Waals surface area (Å²) in [6, 6.07) is 13.1. The van der Waals surface area contributed by atoms with E-state index in [2.05, 4.69) is 15.1 Å². The van der Waals surface area contributed by atoms with E-state index in [1.807, 2.05) is 30.0 Å². The number of nitrogens with one attached hydrogen (secondary N) is 2. The number of pyridine rings is 1. The zero-order chi connectivity index (χ0) is 28.2. The van der Waals surface area contributed by atoms with Crippen molar-refractivity contribution in [2.75, 3.05) is 4.72 Å². The van der Waals surface area contributed by atoms with E-state index < -0.39 is 49.4 Å². The van der Waals surface area contributed by atoms with Crippen LogP contribution in [0.4, 0.5) is 18.9 Å². The lowest BCUT2D eigenvalue weighted by atomic mass is 9.99. The van der Waals surface area contributed by atoms with Crippen molar-refractivity contribution in [1.82, 2.24) is 19.7 Å². The minimum atomic E-state index is -4.44. The number of nitrogens with zero attached hydrogens (tertiary/aromatic N) is 3. The molecule has 0 aliphatic carbocycles. The van der Waals surface area contributed by atoms with Gasteiger partial charge in [0.2, 0.25) is 5.78 Å². The lowest BCUT2D eigenvalue weighted by molar-refractivity contribution is 0.103. The molecule has 200 valence electrons. The molecular formula is C28H18F3N5O3S. The van der Waals surface area contributed by atoms with Crippen LogP contribution in [0.2, 0.25) is 0 Å². The molecule has 0 aliphatic heterocycles. The average molecular weight is 562 g/mol. The number of ketones is 1. The largest absolute Gasteiger partial charge is 0.345 e. The number of aryl methyl sites for hydroxylation is 1. The molecule has 0 saturated carbocycles. The molecule has 3 aromatic heterocycles. The predicted octanol–water partition coefficient (Wildman–Crippen LogP) is 5.57. The maximum Gasteiger partial charge on any atom is 0.262 e. The van der Waals surface area contributed by atoms with E-state index in [4.69, 9.17) is 0 Å². The minimum Gasteiger partial charge on any atom is -0.345 e. The quantitative estimate of drug-likeness (QED) is 0.259. The fourth-order valence-electron chi connectivity index (χ4n) is 4.48. The van der Waals surface area contributed by atoms with Gasteiger partial charge < -0.3 is 4.98 Å². The second kappa shape index (κ2) is 9.35. The first-order chi connectivity index (χ1) is 19.1. The summed E-state index contributed by atoms with van der Waals surface area (Å²) in [5, 5.41) is 5.49. The highest BCUT2D eigenvalue weighted by Crippen LogP contribution is 2.31. The smallest absolute Gasteiger partial charge is 0.262 e. The number of rotatable bonds is 6. The third-order valence-electron chi connectivity index (χ3n) is 6.53. The fourth-order valence-corrected chi connectivity index (χ4v) is 5.58. The third kappa shape index (κ3) is 4.28. The maximum absolute atomic E-state index is 15.5. The summed E-state index contributed by atoms with van der Waals surface area (Å²) in [6.45, 7) is 0. The topological polar surface area (TPSA) is 110 Å². The second-order valence-corrected chi connectivity index (χ2v) is 10.7. The second-order valence-electron chi connectivity index (χ2n) is 9.04. The van der Waals surface area contributed by atoms with E-state index in [-0.39, 0.29) is 5.56 Å². The highest BCUT2D eigenvalue weighted by Gasteiger charge is 2.26. The lowest BCUT2D eigenvalue weighted by Gasteiger charge is -2.12. The van der Waals surface area contributed by atoms with Crippen LogP contribution in [0, 0.1) is 17.5 Å². The Kier molecular flexibility index (Phi) is 5.91. The summed E-state index contributed by atoms with van der Waals surface area (Å²) in [5.74, 6) is -4.43. The Hall–Kier alpha value is -4.97. The molecule has 8 nitrogen and oxygen atoms in total. The third-order valence-corrected chi connectivity index (χ3v) is 7.89. The highest BCUT2D eigenvalue weighted by molar-refractivity contribution is 7.92. The van der Waals surface area contributed by atoms with Gasteiger partial charge in [-0.15, -0.1) is 0 Å². The van der Waals surface area contributed by atoms with Gasteiger partial charge in [0.25, 0.3) is 10.0 Å². The summed E-state index contributed by atoms with van der Waals surface area (Å²) >= 11 is 0. The maximum atomic E-state index is 15.5. The molecule has 0 aliphatic rings. The zero-order valence-corrected chi connectivity index (χ0v) is 21.4. The van der Waals surface area contributed by atoms with E-state index in [9.17, 15) is 22.0 Å². The van der Waals surface area contributed by atoms with Crippen LogP contribution in [-0.4, -0.2) is 33.9 Å². The van der Waals surface area contributed by atoms with E-state index >= 15 is 4.39 Å². The van der Waals surface area contributed by atoms with Gasteiger partial charge in [-0.25, -0.2) is 26.6 Å². The Morgan fingerprint density at radius 1 is 0.975 bits per heavy atom. The molecule has 0 spiro atoms. The van der Waals surface area contributed by atoms with Crippen LogP contribution in [0.25, 0.3) is 33.1 Å². The standard InChI is InChI=1S/C28H18F3N5O3S/c1-36-24-10-15(5-6-16(24)13-34-36)17-9-20-21(14-33-28(20)32-12-17)27(37)25-22(30)7-8-23(26(25)31)35-40(38,39)19-4-2-3-18(29)11-19/h2-14,35H,1H3,(H,32,33). The van der Waals surface area contributed by atoms with Crippen molar-refractivity contribution >= 4 is 43.4 Å². The number of fused-ring (bicyclic) bond motifs is 2. The Morgan fingerprint density at radius 2 is 1.80 bits per heavy atom. The normalized spacial score (nSPS) is 11.8. The van der Waals surface area contributed by atoms with E-state index in [1.54, 1.807) is 23.1 Å². The number of carbonyl (C=O) groups excluding carboxylic acids is 1. The van der Waals surface area contributed by atoms with Gasteiger partial charge in [0.15, 0.2) is 5.82 Å². The predicted molar refractivity (Wildman–Crippen MR) is 143 cm³/mol. The van der Waals surface area contributed by atoms with Crippen LogP contribution in [0.5, 0.6) is 0 Å². The van der Waals surface area contributed by atoms with Crippen molar-refractivity contribution in [3.63, 3.8) is 0 Å². The Balaban J connectivity index is 1.40. The monoisotopic (exact) mass is 561 g/mol. The molecule has 40 heavy (non-hydrogen) atoms. The number of sulfonamides is 1. The molecule has 6 rings (SSSR count). The number of benzene rings is 3. The zero-order valence-electron chi connectivity index (χ0n) is 20.6. The lowest BCUT2D eigenvalue weighted by Crippen LogP contribution is -2.16. The van der Waals surface area contributed by atoms with Crippen LogP contribution < -0.4 is 4.72 Å². The molecule has 12 heteroatoms. The molecule has 2 N–H and O–H groups in total. The summed E-state index contributed by atoms with van der Waals surface area (Å²) in [6.07, 6.45) is 4.63. The first-order valence-electron chi connectivity index (χ1n) is 11.8. The van der Waals surface area contributed by atoms with Crippen LogP contribution in [0.3, 0.4) is 0 Å². The number of hydrogen-bond donors (Lipinski definition) is 2. The molecule has 0 saturated heterocycles. The van der Waals surface area contributed by atoms with Crippen molar-refractivity contribution in [1.29, 1.82) is 0 Å². The first kappa shape index (κ1) is 25.3. The molecule has 0 fully saturated rings. The fraction of sp³-hybridized carbons (Fsp3) is 0.0357. The molecule has 6 aromatic rings. The molecule has 0 bridgehead atoms. The van der Waals surface area contributed by atoms with Crippen LogP contribution >= 0.6 is 0 Å². The molecule has 0 amide bonds. The van der Waals surface area contributed by atoms with Gasteiger partial charge in [0.05, 0.1) is 27.9 Å². The number of aromatic nitrogens is 4. The molecular weight excluding hydrogens is 543 g/mol. The first-order valence-corrected chi connectivity index (χ1v) is 13.3. The Labute approximate surface area is 225 Å². The highest BCUT2D eigenvalue weighted by atomic mass is 32.2. The summed E-state index contributed by atoms with van der Waals surface area (Å²) in [4.78, 5) is 20.2. The van der Waals surface area contributed by atoms with Gasteiger partial charge in [0.1, 0.15) is 17.3 Å². The molecule has 3 aromatic carbocycles. The van der Waals surface area contributed by atoms with E-state index in [0.717, 1.165) is 46.8 Å². The van der Waals surface area contributed by atoms with Crippen molar-refractivity contribution < 1.29 is 26.4 Å². The van der Waals surface area contributed by atoms with E-state index in [1.165, 1.54) is 12.3 Å². The van der Waals surface area contributed by atoms with Crippen LogP contribution in [0.15, 0.2) is 84.1 Å². The SMILES string of the molecule is Cn1ncc2ccc(-c3cnc4[nH]cc(C(=O)c5c(F)ccc(NS(=O)(=O)c6cccc(F)c6)c5F)c4c3)cc21. The molecule has 3 heterocycles. The van der Waals surface area contributed by atoms with Gasteiger partial charge in [-0.05, 0) is 48.0 Å². The number of aromatic amines is 1. The van der Waals surface area contributed by atoms with Gasteiger partial charge in [-0.1, -0.05) is 18.2 Å². The van der Waals surface area contributed by atoms with E-state index in [0.29, 0.717) is 16.6 Å². The number of carbonyl (C=O) groups is 1. The molecule has 0 atom stereocenters.